The summed E-state index contributed by atoms with van der Waals surface area (Å²) in [5, 5.41) is 21.3. The van der Waals surface area contributed by atoms with Crippen LogP contribution in [0.1, 0.15) is 26.6 Å². The van der Waals surface area contributed by atoms with Crippen LogP contribution in [0.25, 0.3) is 16.5 Å². The van der Waals surface area contributed by atoms with E-state index in [0.29, 0.717) is 23.0 Å². The molecule has 1 aromatic carbocycles. The number of nitrogens with zero attached hydrogens (tertiary/aromatic N) is 5. The number of amides is 1. The third-order valence-corrected chi connectivity index (χ3v) is 6.25. The Balaban J connectivity index is 1.10. The summed E-state index contributed by atoms with van der Waals surface area (Å²) in [5.41, 5.74) is 2.84. The lowest BCUT2D eigenvalue weighted by atomic mass is 9.93. The fraction of sp³-hybridized carbons (Fsp3) is 0.214. The topological polar surface area (TPSA) is 152 Å². The van der Waals surface area contributed by atoms with Crippen molar-refractivity contribution < 1.29 is 14.3 Å². The zero-order valence-corrected chi connectivity index (χ0v) is 22.0. The Morgan fingerprint density at radius 1 is 1.10 bits per heavy atom. The molecule has 2 atom stereocenters. The first-order chi connectivity index (χ1) is 19.2. The summed E-state index contributed by atoms with van der Waals surface area (Å²) in [4.78, 5) is 34.3. The van der Waals surface area contributed by atoms with Crippen LogP contribution in [-0.4, -0.2) is 53.6 Å². The van der Waals surface area contributed by atoms with E-state index >= 15 is 0 Å². The number of aromatic amines is 1. The molecule has 4 heterocycles. The largest absolute Gasteiger partial charge is 0.442 e. The monoisotopic (exact) mass is 537 g/mol. The van der Waals surface area contributed by atoms with Crippen LogP contribution in [0.2, 0.25) is 0 Å². The number of carbonyl (C=O) groups excluding carboxylic acids is 2. The average Bonchev–Trinajstić information content (AvgIpc) is 3.66. The van der Waals surface area contributed by atoms with Gasteiger partial charge in [-0.25, -0.2) is 14.8 Å². The Hall–Kier alpha value is -5.26. The quantitative estimate of drug-likeness (QED) is 0.294. The number of hydrogen-bond acceptors (Lipinski definition) is 9. The van der Waals surface area contributed by atoms with E-state index in [1.807, 2.05) is 48.6 Å². The molecule has 202 valence electrons. The van der Waals surface area contributed by atoms with Crippen LogP contribution >= 0.6 is 0 Å². The van der Waals surface area contributed by atoms with Gasteiger partial charge in [-0.3, -0.25) is 9.89 Å². The lowest BCUT2D eigenvalue weighted by Gasteiger charge is -2.19. The van der Waals surface area contributed by atoms with Gasteiger partial charge < -0.3 is 20.7 Å². The molecule has 4 aromatic rings. The normalized spacial score (nSPS) is 18.0. The minimum Gasteiger partial charge on any atom is -0.442 e. The summed E-state index contributed by atoms with van der Waals surface area (Å²) in [6, 6.07) is 7.58. The molecule has 0 radical (unpaired) electrons. The molecule has 1 aliphatic heterocycles. The molecule has 1 aliphatic carbocycles. The Morgan fingerprint density at radius 3 is 2.83 bits per heavy atom. The van der Waals surface area contributed by atoms with Crippen molar-refractivity contribution in [3.05, 3.63) is 84.9 Å². The number of nitrogens with one attached hydrogen (secondary N) is 4. The number of rotatable bonds is 5. The zero-order valence-electron chi connectivity index (χ0n) is 22.0. The first-order valence-corrected chi connectivity index (χ1v) is 12.7. The van der Waals surface area contributed by atoms with E-state index in [1.54, 1.807) is 33.2 Å². The molecule has 12 heteroatoms. The number of benzene rings is 1. The van der Waals surface area contributed by atoms with Crippen LogP contribution in [0.3, 0.4) is 0 Å². The number of hydrogen-bond donors (Lipinski definition) is 4. The first-order valence-electron chi connectivity index (χ1n) is 12.7. The smallest absolute Gasteiger partial charge is 0.435 e. The van der Waals surface area contributed by atoms with Gasteiger partial charge in [0.05, 0.1) is 41.5 Å². The molecule has 0 bridgehead atoms. The van der Waals surface area contributed by atoms with Crippen LogP contribution in [-0.2, 0) is 9.53 Å². The molecule has 0 saturated carbocycles. The van der Waals surface area contributed by atoms with Gasteiger partial charge in [0.2, 0.25) is 0 Å². The van der Waals surface area contributed by atoms with E-state index in [4.69, 9.17) is 4.74 Å². The van der Waals surface area contributed by atoms with Gasteiger partial charge in [0.25, 0.3) is 5.91 Å². The molecule has 0 saturated heterocycles. The molecule has 0 fully saturated rings. The highest BCUT2D eigenvalue weighted by molar-refractivity contribution is 6.04. The summed E-state index contributed by atoms with van der Waals surface area (Å²) in [6.45, 7) is 5.31. The van der Waals surface area contributed by atoms with Crippen molar-refractivity contribution in [1.29, 1.82) is 0 Å². The fourth-order valence-corrected chi connectivity index (χ4v) is 4.43. The number of aromatic nitrogens is 6. The predicted octanol–water partition coefficient (Wildman–Crippen LogP) is 4.14. The second-order valence-electron chi connectivity index (χ2n) is 10.5. The molecule has 4 N–H and O–H groups in total. The molecule has 2 unspecified atom stereocenters. The maximum atomic E-state index is 12.9. The van der Waals surface area contributed by atoms with E-state index < -0.39 is 11.7 Å². The summed E-state index contributed by atoms with van der Waals surface area (Å²) in [7, 11) is 0. The van der Waals surface area contributed by atoms with Crippen molar-refractivity contribution in [1.82, 2.24) is 35.3 Å². The van der Waals surface area contributed by atoms with Gasteiger partial charge in [-0.1, -0.05) is 18.2 Å². The minimum atomic E-state index is -0.653. The van der Waals surface area contributed by atoms with Crippen LogP contribution in [0, 0.1) is 5.92 Å². The summed E-state index contributed by atoms with van der Waals surface area (Å²) < 4.78 is 6.34. The maximum Gasteiger partial charge on any atom is 0.435 e. The van der Waals surface area contributed by atoms with E-state index in [9.17, 15) is 9.59 Å². The highest BCUT2D eigenvalue weighted by atomic mass is 16.6. The Bertz CT molecular complexity index is 1710. The number of fused-ring (bicyclic) bond motifs is 2. The number of carbonyl (C=O) groups is 2. The third kappa shape index (κ3) is 5.32. The number of anilines is 3. The molecular formula is C28H27N9O3. The number of H-pyrrole nitrogens is 1. The van der Waals surface area contributed by atoms with Crippen molar-refractivity contribution in [3.63, 3.8) is 0 Å². The number of ether oxygens (including phenoxy) is 1. The minimum absolute atomic E-state index is 0.00279. The molecule has 12 nitrogen and oxygen atoms in total. The summed E-state index contributed by atoms with van der Waals surface area (Å²) >= 11 is 0. The molecule has 40 heavy (non-hydrogen) atoms. The third-order valence-electron chi connectivity index (χ3n) is 6.25. The van der Waals surface area contributed by atoms with Crippen molar-refractivity contribution in [2.45, 2.75) is 32.4 Å². The maximum absolute atomic E-state index is 12.9. The fourth-order valence-electron chi connectivity index (χ4n) is 4.43. The highest BCUT2D eigenvalue weighted by Crippen LogP contribution is 2.29. The van der Waals surface area contributed by atoms with Gasteiger partial charge in [0.1, 0.15) is 11.4 Å². The molecule has 1 amide bonds. The zero-order chi connectivity index (χ0) is 27.9. The second-order valence-corrected chi connectivity index (χ2v) is 10.5. The first kappa shape index (κ1) is 25.0. The van der Waals surface area contributed by atoms with E-state index in [1.165, 1.54) is 12.4 Å². The van der Waals surface area contributed by atoms with Gasteiger partial charge in [-0.05, 0) is 51.1 Å². The van der Waals surface area contributed by atoms with Crippen LogP contribution in [0.5, 0.6) is 0 Å². The van der Waals surface area contributed by atoms with Gasteiger partial charge in [0, 0.05) is 28.8 Å². The van der Waals surface area contributed by atoms with Crippen LogP contribution in [0.4, 0.5) is 22.0 Å². The Morgan fingerprint density at radius 2 is 1.98 bits per heavy atom. The van der Waals surface area contributed by atoms with Crippen molar-refractivity contribution >= 4 is 45.7 Å². The highest BCUT2D eigenvalue weighted by Gasteiger charge is 2.30. The molecular weight excluding hydrogens is 510 g/mol. The second kappa shape index (κ2) is 9.80. The molecule has 2 aliphatic rings. The lowest BCUT2D eigenvalue weighted by Crippen LogP contribution is -2.31. The molecule has 6 rings (SSSR count). The van der Waals surface area contributed by atoms with Gasteiger partial charge in [-0.15, -0.1) is 0 Å². The van der Waals surface area contributed by atoms with Crippen LogP contribution in [0.15, 0.2) is 79.1 Å². The molecule has 0 spiro atoms. The Labute approximate surface area is 229 Å². The standard InChI is InChI=1S/C28H27N9O3/c1-28(2,3)40-27(39)37-15-20(14-31-37)33-26(38)23-11-16-4-5-17(12-22(16)34-23)25-29-9-8-24(35-25)32-19-6-7-21-18(10-19)13-30-36-21/h4-16,22,34H,1-3H3,(H,30,36)(H,33,38)(H,29,32,35). The van der Waals surface area contributed by atoms with Crippen molar-refractivity contribution in [2.24, 2.45) is 5.92 Å². The average molecular weight is 538 g/mol. The van der Waals surface area contributed by atoms with E-state index in [2.05, 4.69) is 41.2 Å². The van der Waals surface area contributed by atoms with E-state index in [-0.39, 0.29) is 17.9 Å². The van der Waals surface area contributed by atoms with Gasteiger partial charge in [0.15, 0.2) is 5.82 Å². The van der Waals surface area contributed by atoms with Crippen molar-refractivity contribution in [3.8, 4) is 0 Å². The predicted molar refractivity (Wildman–Crippen MR) is 150 cm³/mol. The Kier molecular flexibility index (Phi) is 6.14. The van der Waals surface area contributed by atoms with E-state index in [0.717, 1.165) is 26.8 Å². The van der Waals surface area contributed by atoms with Gasteiger partial charge >= 0.3 is 6.09 Å². The van der Waals surface area contributed by atoms with Gasteiger partial charge in [-0.2, -0.15) is 14.9 Å². The summed E-state index contributed by atoms with van der Waals surface area (Å²) in [6.07, 6.45) is 13.5. The molecule has 3 aromatic heterocycles. The summed E-state index contributed by atoms with van der Waals surface area (Å²) in [5.74, 6) is 0.891. The van der Waals surface area contributed by atoms with Crippen LogP contribution < -0.4 is 16.0 Å². The lowest BCUT2D eigenvalue weighted by molar-refractivity contribution is -0.113. The van der Waals surface area contributed by atoms with Crippen molar-refractivity contribution in [2.75, 3.05) is 10.6 Å². The number of allylic oxidation sites excluding steroid dienone is 2. The SMILES string of the molecule is CC(C)(C)OC(=O)n1cc(NC(=O)C2=CC3C=CC(c4nccc(Nc5ccc6[nH]ncc6c5)n4)=CC3N2)cn1.